The molecule has 114 valence electrons. The van der Waals surface area contributed by atoms with E-state index in [9.17, 15) is 4.21 Å². The molecular weight excluding hydrogens is 278 g/mol. The maximum atomic E-state index is 11.0. The summed E-state index contributed by atoms with van der Waals surface area (Å²) in [4.78, 5) is 0. The summed E-state index contributed by atoms with van der Waals surface area (Å²) in [5.41, 5.74) is 1.00. The Morgan fingerprint density at radius 1 is 1.10 bits per heavy atom. The van der Waals surface area contributed by atoms with Crippen LogP contribution < -0.4 is 19.5 Å². The molecule has 1 rings (SSSR count). The minimum absolute atomic E-state index is 0.601. The summed E-state index contributed by atoms with van der Waals surface area (Å²) in [5.74, 6) is 2.65. The van der Waals surface area contributed by atoms with Gasteiger partial charge in [0.2, 0.25) is 5.75 Å². The van der Waals surface area contributed by atoms with E-state index in [1.807, 2.05) is 12.1 Å². The highest BCUT2D eigenvalue weighted by molar-refractivity contribution is 7.84. The van der Waals surface area contributed by atoms with Gasteiger partial charge in [0.05, 0.1) is 21.3 Å². The largest absolute Gasteiger partial charge is 0.493 e. The third kappa shape index (κ3) is 4.68. The van der Waals surface area contributed by atoms with Crippen molar-refractivity contribution in [1.82, 2.24) is 5.32 Å². The minimum atomic E-state index is -0.730. The summed E-state index contributed by atoms with van der Waals surface area (Å²) in [6.45, 7) is 1.48. The predicted octanol–water partition coefficient (Wildman–Crippen LogP) is 1.57. The fourth-order valence-corrected chi connectivity index (χ4v) is 2.48. The van der Waals surface area contributed by atoms with Crippen molar-refractivity contribution in [2.45, 2.75) is 13.0 Å². The molecular formula is C14H23NO4S. The van der Waals surface area contributed by atoms with Gasteiger partial charge in [0.1, 0.15) is 0 Å². The van der Waals surface area contributed by atoms with E-state index in [4.69, 9.17) is 14.2 Å². The second-order valence-electron chi connectivity index (χ2n) is 4.30. The number of rotatable bonds is 9. The number of methoxy groups -OCH3 is 3. The zero-order valence-electron chi connectivity index (χ0n) is 12.5. The Morgan fingerprint density at radius 3 is 2.35 bits per heavy atom. The Hall–Kier alpha value is -1.27. The molecule has 1 unspecified atom stereocenters. The first-order chi connectivity index (χ1) is 9.63. The van der Waals surface area contributed by atoms with Crippen molar-refractivity contribution in [1.29, 1.82) is 0 Å². The van der Waals surface area contributed by atoms with Crippen molar-refractivity contribution in [3.05, 3.63) is 17.7 Å². The molecule has 0 amide bonds. The number of nitrogens with one attached hydrogen (secondary N) is 1. The molecule has 0 spiro atoms. The predicted molar refractivity (Wildman–Crippen MR) is 81.4 cm³/mol. The summed E-state index contributed by atoms with van der Waals surface area (Å²) in [5, 5.41) is 3.31. The lowest BCUT2D eigenvalue weighted by atomic mass is 10.1. The highest BCUT2D eigenvalue weighted by atomic mass is 32.2. The normalized spacial score (nSPS) is 12.0. The third-order valence-electron chi connectivity index (χ3n) is 2.89. The van der Waals surface area contributed by atoms with E-state index in [0.717, 1.165) is 24.3 Å². The van der Waals surface area contributed by atoms with Crippen LogP contribution in [0.2, 0.25) is 0 Å². The Kier molecular flexibility index (Phi) is 7.40. The SMILES string of the molecule is COc1ccc(CNCCCS(C)=O)c(OC)c1OC. The molecule has 1 aromatic rings. The van der Waals surface area contributed by atoms with E-state index < -0.39 is 10.8 Å². The number of benzene rings is 1. The fraction of sp³-hybridized carbons (Fsp3) is 0.571. The summed E-state index contributed by atoms with van der Waals surface area (Å²) in [6, 6.07) is 3.81. The molecule has 1 atom stereocenters. The molecule has 20 heavy (non-hydrogen) atoms. The highest BCUT2D eigenvalue weighted by Gasteiger charge is 2.15. The van der Waals surface area contributed by atoms with E-state index in [2.05, 4.69) is 5.32 Å². The van der Waals surface area contributed by atoms with Crippen molar-refractivity contribution >= 4 is 10.8 Å². The molecule has 0 aromatic heterocycles. The molecule has 0 aliphatic heterocycles. The lowest BCUT2D eigenvalue weighted by Crippen LogP contribution is -2.17. The topological polar surface area (TPSA) is 56.8 Å². The molecule has 1 aromatic carbocycles. The molecule has 0 radical (unpaired) electrons. The van der Waals surface area contributed by atoms with Gasteiger partial charge in [-0.2, -0.15) is 0 Å². The Morgan fingerprint density at radius 2 is 1.80 bits per heavy atom. The monoisotopic (exact) mass is 301 g/mol. The maximum Gasteiger partial charge on any atom is 0.203 e. The minimum Gasteiger partial charge on any atom is -0.493 e. The Bertz CT molecular complexity index is 451. The third-order valence-corrected chi connectivity index (χ3v) is 3.75. The van der Waals surface area contributed by atoms with Crippen LogP contribution >= 0.6 is 0 Å². The van der Waals surface area contributed by atoms with E-state index in [-0.39, 0.29) is 0 Å². The fourth-order valence-electron chi connectivity index (χ4n) is 1.93. The van der Waals surface area contributed by atoms with E-state index in [1.54, 1.807) is 27.6 Å². The summed E-state index contributed by atoms with van der Waals surface area (Å²) in [7, 11) is 4.07. The van der Waals surface area contributed by atoms with Gasteiger partial charge in [0, 0.05) is 34.9 Å². The van der Waals surface area contributed by atoms with Crippen molar-refractivity contribution in [3.8, 4) is 17.2 Å². The maximum absolute atomic E-state index is 11.0. The van der Waals surface area contributed by atoms with Gasteiger partial charge in [-0.05, 0) is 19.0 Å². The van der Waals surface area contributed by atoms with Gasteiger partial charge in [-0.15, -0.1) is 0 Å². The van der Waals surface area contributed by atoms with Crippen LogP contribution in [-0.4, -0.2) is 44.1 Å². The van der Waals surface area contributed by atoms with Crippen LogP contribution in [0.15, 0.2) is 12.1 Å². The average molecular weight is 301 g/mol. The smallest absolute Gasteiger partial charge is 0.203 e. The summed E-state index contributed by atoms with van der Waals surface area (Å²) in [6.07, 6.45) is 2.61. The molecule has 0 saturated heterocycles. The molecule has 1 N–H and O–H groups in total. The van der Waals surface area contributed by atoms with Gasteiger partial charge in [-0.3, -0.25) is 4.21 Å². The summed E-state index contributed by atoms with van der Waals surface area (Å²) < 4.78 is 27.0. The lowest BCUT2D eigenvalue weighted by Gasteiger charge is -2.16. The van der Waals surface area contributed by atoms with Gasteiger partial charge in [-0.25, -0.2) is 0 Å². The highest BCUT2D eigenvalue weighted by Crippen LogP contribution is 2.39. The molecule has 0 bridgehead atoms. The van der Waals surface area contributed by atoms with Crippen molar-refractivity contribution in [3.63, 3.8) is 0 Å². The van der Waals surface area contributed by atoms with Crippen molar-refractivity contribution in [2.75, 3.05) is 39.9 Å². The number of ether oxygens (including phenoxy) is 3. The lowest BCUT2D eigenvalue weighted by molar-refractivity contribution is 0.321. The second kappa shape index (κ2) is 8.81. The molecule has 0 aliphatic rings. The quantitative estimate of drug-likeness (QED) is 0.702. The van der Waals surface area contributed by atoms with Crippen molar-refractivity contribution in [2.24, 2.45) is 0 Å². The van der Waals surface area contributed by atoms with Crippen LogP contribution in [0.25, 0.3) is 0 Å². The van der Waals surface area contributed by atoms with E-state index in [0.29, 0.717) is 23.8 Å². The molecule has 0 saturated carbocycles. The van der Waals surface area contributed by atoms with Crippen LogP contribution in [0.5, 0.6) is 17.2 Å². The van der Waals surface area contributed by atoms with Crippen LogP contribution in [-0.2, 0) is 17.3 Å². The van der Waals surface area contributed by atoms with E-state index >= 15 is 0 Å². The van der Waals surface area contributed by atoms with Gasteiger partial charge in [-0.1, -0.05) is 6.07 Å². The van der Waals surface area contributed by atoms with Gasteiger partial charge in [0.25, 0.3) is 0 Å². The first kappa shape index (κ1) is 16.8. The van der Waals surface area contributed by atoms with Crippen LogP contribution in [0, 0.1) is 0 Å². The van der Waals surface area contributed by atoms with Crippen LogP contribution in [0.1, 0.15) is 12.0 Å². The standard InChI is InChI=1S/C14H23NO4S/c1-17-12-7-6-11(13(18-2)14(12)19-3)10-15-8-5-9-20(4)16/h6-7,15H,5,8-10H2,1-4H3. The molecule has 6 heteroatoms. The van der Waals surface area contributed by atoms with Crippen LogP contribution in [0.3, 0.4) is 0 Å². The van der Waals surface area contributed by atoms with Crippen LogP contribution in [0.4, 0.5) is 0 Å². The molecule has 0 heterocycles. The zero-order valence-corrected chi connectivity index (χ0v) is 13.3. The zero-order chi connectivity index (χ0) is 15.0. The second-order valence-corrected chi connectivity index (χ2v) is 5.86. The Balaban J connectivity index is 2.67. The molecule has 5 nitrogen and oxygen atoms in total. The number of hydrogen-bond donors (Lipinski definition) is 1. The number of hydrogen-bond acceptors (Lipinski definition) is 5. The average Bonchev–Trinajstić information content (AvgIpc) is 2.45. The van der Waals surface area contributed by atoms with Crippen molar-refractivity contribution < 1.29 is 18.4 Å². The molecule has 0 aliphatic carbocycles. The first-order valence-corrected chi connectivity index (χ1v) is 8.15. The Labute approximate surface area is 123 Å². The molecule has 0 fully saturated rings. The van der Waals surface area contributed by atoms with Gasteiger partial charge in [0.15, 0.2) is 11.5 Å². The summed E-state index contributed by atoms with van der Waals surface area (Å²) >= 11 is 0. The first-order valence-electron chi connectivity index (χ1n) is 6.42. The van der Waals surface area contributed by atoms with E-state index in [1.165, 1.54) is 0 Å². The van der Waals surface area contributed by atoms with Gasteiger partial charge >= 0.3 is 0 Å². The van der Waals surface area contributed by atoms with Gasteiger partial charge < -0.3 is 19.5 Å².